The van der Waals surface area contributed by atoms with Crippen LogP contribution in [-0.4, -0.2) is 0 Å². The van der Waals surface area contributed by atoms with Crippen molar-refractivity contribution in [2.24, 2.45) is 11.8 Å². The second-order valence-electron chi connectivity index (χ2n) is 15.1. The number of nitrogens with zero attached hydrogens (tertiary/aromatic N) is 1. The SMILES string of the molecule is Cc1ccc2c(c1)C(C)(C)c1cc(N(c3ccc(-c4ccccc4-c4ccccc4)cc3)c3ccc(C4CC5CCC4C5)cc3)ccc1-2. The van der Waals surface area contributed by atoms with Crippen molar-refractivity contribution in [3.05, 3.63) is 162 Å². The van der Waals surface area contributed by atoms with Gasteiger partial charge >= 0.3 is 0 Å². The maximum atomic E-state index is 2.46. The quantitative estimate of drug-likeness (QED) is 0.179. The van der Waals surface area contributed by atoms with Crippen LogP contribution in [0.15, 0.2) is 140 Å². The molecule has 2 bridgehead atoms. The molecule has 9 rings (SSSR count). The van der Waals surface area contributed by atoms with Crippen LogP contribution in [0.1, 0.15) is 67.7 Å². The molecule has 6 aromatic rings. The smallest absolute Gasteiger partial charge is 0.0465 e. The molecule has 0 spiro atoms. The summed E-state index contributed by atoms with van der Waals surface area (Å²) in [7, 11) is 0. The summed E-state index contributed by atoms with van der Waals surface area (Å²) in [6.07, 6.45) is 5.66. The van der Waals surface area contributed by atoms with E-state index in [0.717, 1.165) is 17.8 Å². The molecule has 0 aromatic heterocycles. The first-order valence-corrected chi connectivity index (χ1v) is 17.8. The van der Waals surface area contributed by atoms with Crippen LogP contribution >= 0.6 is 0 Å². The van der Waals surface area contributed by atoms with Gasteiger partial charge in [-0.2, -0.15) is 0 Å². The van der Waals surface area contributed by atoms with Gasteiger partial charge in [-0.3, -0.25) is 0 Å². The Hall–Kier alpha value is -4.88. The van der Waals surface area contributed by atoms with Gasteiger partial charge in [-0.05, 0) is 130 Å². The molecule has 3 unspecified atom stereocenters. The summed E-state index contributed by atoms with van der Waals surface area (Å²) in [6.45, 7) is 6.97. The third-order valence-electron chi connectivity index (χ3n) is 11.8. The van der Waals surface area contributed by atoms with Crippen molar-refractivity contribution in [3.63, 3.8) is 0 Å². The zero-order chi connectivity index (χ0) is 32.4. The molecule has 0 aliphatic heterocycles. The standard InChI is InChI=1S/C47H43N/c1-31-13-25-42-43-26-24-39(30-46(43)47(2,3)45(42)27-31)48(38-22-18-35(19-23-38)44-29-32-14-15-36(44)28-32)37-20-16-34(17-21-37)41-12-8-7-11-40(41)33-9-5-4-6-10-33/h4-13,16-27,30,32,36,44H,14-15,28-29H2,1-3H3. The molecule has 3 atom stereocenters. The van der Waals surface area contributed by atoms with Crippen LogP contribution in [-0.2, 0) is 5.41 Å². The van der Waals surface area contributed by atoms with E-state index in [1.807, 2.05) is 0 Å². The summed E-state index contributed by atoms with van der Waals surface area (Å²) in [5.41, 5.74) is 16.9. The van der Waals surface area contributed by atoms with Crippen LogP contribution in [0.2, 0.25) is 0 Å². The van der Waals surface area contributed by atoms with Crippen molar-refractivity contribution in [1.29, 1.82) is 0 Å². The number of hydrogen-bond acceptors (Lipinski definition) is 1. The molecule has 0 N–H and O–H groups in total. The maximum Gasteiger partial charge on any atom is 0.0465 e. The molecular weight excluding hydrogens is 579 g/mol. The monoisotopic (exact) mass is 621 g/mol. The Morgan fingerprint density at radius 3 is 1.75 bits per heavy atom. The summed E-state index contributed by atoms with van der Waals surface area (Å²) >= 11 is 0. The van der Waals surface area contributed by atoms with Crippen LogP contribution < -0.4 is 4.90 Å². The summed E-state index contributed by atoms with van der Waals surface area (Å²) in [5, 5.41) is 0. The molecule has 6 aromatic carbocycles. The van der Waals surface area contributed by atoms with Gasteiger partial charge in [0.15, 0.2) is 0 Å². The van der Waals surface area contributed by atoms with Crippen LogP contribution in [0.4, 0.5) is 17.1 Å². The van der Waals surface area contributed by atoms with Crippen LogP contribution in [0.5, 0.6) is 0 Å². The van der Waals surface area contributed by atoms with E-state index in [4.69, 9.17) is 0 Å². The van der Waals surface area contributed by atoms with Crippen molar-refractivity contribution < 1.29 is 0 Å². The molecule has 48 heavy (non-hydrogen) atoms. The lowest BCUT2D eigenvalue weighted by Gasteiger charge is -2.29. The van der Waals surface area contributed by atoms with Crippen molar-refractivity contribution >= 4 is 17.1 Å². The summed E-state index contributed by atoms with van der Waals surface area (Å²) in [5.74, 6) is 2.56. The van der Waals surface area contributed by atoms with Crippen LogP contribution in [0.3, 0.4) is 0 Å². The molecule has 2 saturated carbocycles. The molecular formula is C47H43N. The number of aryl methyl sites for hydroxylation is 1. The molecule has 3 aliphatic rings. The fourth-order valence-corrected chi connectivity index (χ4v) is 9.34. The Labute approximate surface area is 285 Å². The predicted molar refractivity (Wildman–Crippen MR) is 202 cm³/mol. The molecule has 2 fully saturated rings. The van der Waals surface area contributed by atoms with Crippen molar-refractivity contribution in [3.8, 4) is 33.4 Å². The summed E-state index contributed by atoms with van der Waals surface area (Å²) in [4.78, 5) is 2.46. The van der Waals surface area contributed by atoms with Gasteiger partial charge in [-0.1, -0.05) is 129 Å². The number of hydrogen-bond donors (Lipinski definition) is 0. The van der Waals surface area contributed by atoms with Gasteiger partial charge in [0.2, 0.25) is 0 Å². The van der Waals surface area contributed by atoms with E-state index in [0.29, 0.717) is 0 Å². The molecule has 0 heterocycles. The second-order valence-corrected chi connectivity index (χ2v) is 15.1. The highest BCUT2D eigenvalue weighted by atomic mass is 15.1. The van der Waals surface area contributed by atoms with Crippen LogP contribution in [0.25, 0.3) is 33.4 Å². The Kier molecular flexibility index (Phi) is 6.94. The normalized spacial score (nSPS) is 20.0. The molecule has 1 heteroatoms. The first-order valence-electron chi connectivity index (χ1n) is 17.8. The first-order chi connectivity index (χ1) is 23.4. The average Bonchev–Trinajstić information content (AvgIpc) is 3.82. The lowest BCUT2D eigenvalue weighted by atomic mass is 9.82. The number of fused-ring (bicyclic) bond motifs is 5. The first kappa shape index (κ1) is 29.3. The average molecular weight is 622 g/mol. The van der Waals surface area contributed by atoms with Crippen molar-refractivity contribution in [2.45, 2.75) is 57.8 Å². The highest BCUT2D eigenvalue weighted by Gasteiger charge is 2.40. The Bertz CT molecular complexity index is 2120. The molecule has 0 radical (unpaired) electrons. The highest BCUT2D eigenvalue weighted by molar-refractivity contribution is 5.87. The fourth-order valence-electron chi connectivity index (χ4n) is 9.34. The van der Waals surface area contributed by atoms with E-state index in [2.05, 4.69) is 165 Å². The number of anilines is 3. The number of rotatable bonds is 6. The third-order valence-corrected chi connectivity index (χ3v) is 11.8. The lowest BCUT2D eigenvalue weighted by molar-refractivity contribution is 0.420. The topological polar surface area (TPSA) is 3.24 Å². The van der Waals surface area contributed by atoms with Gasteiger partial charge in [0.1, 0.15) is 0 Å². The molecule has 236 valence electrons. The lowest BCUT2D eigenvalue weighted by Crippen LogP contribution is -2.17. The van der Waals surface area contributed by atoms with Gasteiger partial charge in [0.25, 0.3) is 0 Å². The van der Waals surface area contributed by atoms with Crippen molar-refractivity contribution in [1.82, 2.24) is 0 Å². The van der Waals surface area contributed by atoms with Gasteiger partial charge in [-0.15, -0.1) is 0 Å². The second kappa shape index (κ2) is 11.4. The molecule has 0 amide bonds. The minimum atomic E-state index is -0.0605. The fraction of sp³-hybridized carbons (Fsp3) is 0.234. The third kappa shape index (κ3) is 4.83. The zero-order valence-corrected chi connectivity index (χ0v) is 28.3. The van der Waals surface area contributed by atoms with Gasteiger partial charge < -0.3 is 4.90 Å². The Balaban J connectivity index is 1.13. The van der Waals surface area contributed by atoms with Gasteiger partial charge in [-0.25, -0.2) is 0 Å². The largest absolute Gasteiger partial charge is 0.310 e. The summed E-state index contributed by atoms with van der Waals surface area (Å²) < 4.78 is 0. The van der Waals surface area contributed by atoms with Gasteiger partial charge in [0, 0.05) is 22.5 Å². The molecule has 0 saturated heterocycles. The van der Waals surface area contributed by atoms with Crippen LogP contribution in [0, 0.1) is 18.8 Å². The molecule has 3 aliphatic carbocycles. The summed E-state index contributed by atoms with van der Waals surface area (Å²) in [6, 6.07) is 52.3. The van der Waals surface area contributed by atoms with E-state index in [1.165, 1.54) is 98.4 Å². The van der Waals surface area contributed by atoms with E-state index in [1.54, 1.807) is 0 Å². The minimum absolute atomic E-state index is 0.0605. The molecule has 1 nitrogen and oxygen atoms in total. The van der Waals surface area contributed by atoms with Crippen molar-refractivity contribution in [2.75, 3.05) is 4.90 Å². The van der Waals surface area contributed by atoms with E-state index < -0.39 is 0 Å². The number of benzene rings is 6. The Morgan fingerprint density at radius 1 is 0.521 bits per heavy atom. The minimum Gasteiger partial charge on any atom is -0.310 e. The van der Waals surface area contributed by atoms with E-state index in [-0.39, 0.29) is 5.41 Å². The maximum absolute atomic E-state index is 2.46. The highest BCUT2D eigenvalue weighted by Crippen LogP contribution is 2.54. The Morgan fingerprint density at radius 2 is 1.10 bits per heavy atom. The van der Waals surface area contributed by atoms with Gasteiger partial charge in [0.05, 0.1) is 0 Å². The van der Waals surface area contributed by atoms with E-state index in [9.17, 15) is 0 Å². The predicted octanol–water partition coefficient (Wildman–Crippen LogP) is 13.0. The zero-order valence-electron chi connectivity index (χ0n) is 28.3. The van der Waals surface area contributed by atoms with E-state index >= 15 is 0 Å².